The first-order valence-corrected chi connectivity index (χ1v) is 7.64. The Bertz CT molecular complexity index is 738. The van der Waals surface area contributed by atoms with Crippen LogP contribution < -0.4 is 0 Å². The fourth-order valence-corrected chi connectivity index (χ4v) is 3.26. The Morgan fingerprint density at radius 2 is 1.82 bits per heavy atom. The van der Waals surface area contributed by atoms with Gasteiger partial charge in [-0.15, -0.1) is 11.3 Å². The average molecular weight is 315 g/mol. The van der Waals surface area contributed by atoms with Crippen LogP contribution in [0.15, 0.2) is 41.8 Å². The van der Waals surface area contributed by atoms with E-state index < -0.39 is 23.7 Å². The molecule has 1 atom stereocenters. The number of ketones is 1. The maximum atomic E-state index is 12.4. The average Bonchev–Trinajstić information content (AvgIpc) is 3.06. The quantitative estimate of drug-likeness (QED) is 0.694. The molecular weight excluding hydrogens is 302 g/mol. The Kier molecular flexibility index (Phi) is 3.77. The van der Waals surface area contributed by atoms with Crippen LogP contribution >= 0.6 is 11.3 Å². The second-order valence-corrected chi connectivity index (χ2v) is 6.01. The van der Waals surface area contributed by atoms with E-state index in [0.717, 1.165) is 16.0 Å². The van der Waals surface area contributed by atoms with Crippen LogP contribution in [0.3, 0.4) is 0 Å². The molecule has 1 aromatic carbocycles. The molecule has 1 N–H and O–H groups in total. The van der Waals surface area contributed by atoms with Crippen molar-refractivity contribution >= 4 is 29.0 Å². The first kappa shape index (κ1) is 14.5. The van der Waals surface area contributed by atoms with Gasteiger partial charge in [0.1, 0.15) is 6.04 Å². The van der Waals surface area contributed by atoms with E-state index in [2.05, 4.69) is 0 Å². The van der Waals surface area contributed by atoms with Gasteiger partial charge in [0, 0.05) is 13.0 Å². The van der Waals surface area contributed by atoms with Crippen molar-refractivity contribution in [2.24, 2.45) is 0 Å². The second kappa shape index (κ2) is 5.73. The minimum absolute atomic E-state index is 0.142. The fraction of sp³-hybridized carbons (Fsp3) is 0.188. The number of carbonyl (C=O) groups excluding carboxylic acids is 2. The predicted molar refractivity (Wildman–Crippen MR) is 80.8 cm³/mol. The number of thiophene rings is 1. The van der Waals surface area contributed by atoms with Crippen molar-refractivity contribution in [2.45, 2.75) is 19.0 Å². The second-order valence-electron chi connectivity index (χ2n) is 5.07. The highest BCUT2D eigenvalue weighted by atomic mass is 32.1. The molecule has 0 aliphatic carbocycles. The molecule has 0 radical (unpaired) electrons. The molecule has 1 aliphatic rings. The van der Waals surface area contributed by atoms with Crippen LogP contribution in [0.1, 0.15) is 20.8 Å². The smallest absolute Gasteiger partial charge is 0.326 e. The highest BCUT2D eigenvalue weighted by Gasteiger charge is 2.37. The van der Waals surface area contributed by atoms with Crippen molar-refractivity contribution in [3.63, 3.8) is 0 Å². The normalized spacial score (nSPS) is 16.9. The van der Waals surface area contributed by atoms with Crippen molar-refractivity contribution in [3.8, 4) is 0 Å². The zero-order chi connectivity index (χ0) is 15.7. The molecule has 5 nitrogen and oxygen atoms in total. The maximum absolute atomic E-state index is 12.4. The summed E-state index contributed by atoms with van der Waals surface area (Å²) in [5.74, 6) is -2.51. The number of fused-ring (bicyclic) bond motifs is 1. The summed E-state index contributed by atoms with van der Waals surface area (Å²) in [5, 5.41) is 11.1. The number of aliphatic carboxylic acids is 1. The van der Waals surface area contributed by atoms with Crippen LogP contribution in [0.2, 0.25) is 0 Å². The summed E-state index contributed by atoms with van der Waals surface area (Å²) in [6.45, 7) is 0.142. The summed E-state index contributed by atoms with van der Waals surface area (Å²) >= 11 is 1.17. The van der Waals surface area contributed by atoms with E-state index in [4.69, 9.17) is 0 Å². The van der Waals surface area contributed by atoms with Gasteiger partial charge < -0.3 is 10.0 Å². The van der Waals surface area contributed by atoms with Crippen molar-refractivity contribution in [1.29, 1.82) is 0 Å². The Morgan fingerprint density at radius 3 is 2.45 bits per heavy atom. The molecule has 2 aromatic rings. The number of carboxylic acids is 1. The molecule has 1 amide bonds. The van der Waals surface area contributed by atoms with Gasteiger partial charge in [-0.3, -0.25) is 9.59 Å². The van der Waals surface area contributed by atoms with E-state index in [1.54, 1.807) is 17.5 Å². The number of carboxylic acid groups (broad SMARTS) is 1. The van der Waals surface area contributed by atoms with Gasteiger partial charge >= 0.3 is 5.97 Å². The third kappa shape index (κ3) is 2.53. The van der Waals surface area contributed by atoms with Crippen molar-refractivity contribution in [2.75, 3.05) is 0 Å². The molecule has 0 unspecified atom stereocenters. The zero-order valence-corrected chi connectivity index (χ0v) is 12.4. The van der Waals surface area contributed by atoms with E-state index in [0.29, 0.717) is 4.88 Å². The van der Waals surface area contributed by atoms with Gasteiger partial charge in [-0.05, 0) is 22.6 Å². The standard InChI is InChI=1S/C16H13NO4S/c18-14(13-6-3-7-22-13)15(19)17-9-11-5-2-1-4-10(11)8-12(17)16(20)21/h1-7,12H,8-9H2,(H,20,21)/t12-/m0/s1. The number of hydrogen-bond donors (Lipinski definition) is 1. The number of nitrogens with zero attached hydrogens (tertiary/aromatic N) is 1. The van der Waals surface area contributed by atoms with Crippen LogP contribution in [0.4, 0.5) is 0 Å². The maximum Gasteiger partial charge on any atom is 0.326 e. The molecule has 112 valence electrons. The number of carbonyl (C=O) groups is 3. The molecule has 2 heterocycles. The van der Waals surface area contributed by atoms with Gasteiger partial charge in [-0.2, -0.15) is 0 Å². The molecule has 1 aromatic heterocycles. The number of hydrogen-bond acceptors (Lipinski definition) is 4. The van der Waals surface area contributed by atoms with Gasteiger partial charge in [-0.1, -0.05) is 30.3 Å². The molecule has 0 saturated carbocycles. The number of Topliss-reactive ketones (excluding diaryl/α,β-unsaturated/α-hetero) is 1. The van der Waals surface area contributed by atoms with Gasteiger partial charge in [0.2, 0.25) is 0 Å². The molecule has 0 saturated heterocycles. The summed E-state index contributed by atoms with van der Waals surface area (Å²) in [6.07, 6.45) is 0.217. The van der Waals surface area contributed by atoms with Crippen LogP contribution in [0, 0.1) is 0 Å². The molecule has 3 rings (SSSR count). The van der Waals surface area contributed by atoms with Crippen LogP contribution in [-0.4, -0.2) is 33.7 Å². The van der Waals surface area contributed by atoms with E-state index in [9.17, 15) is 19.5 Å². The van der Waals surface area contributed by atoms with Gasteiger partial charge in [0.25, 0.3) is 11.7 Å². The molecule has 6 heteroatoms. The molecule has 0 fully saturated rings. The van der Waals surface area contributed by atoms with E-state index >= 15 is 0 Å². The molecule has 0 bridgehead atoms. The van der Waals surface area contributed by atoms with Crippen molar-refractivity contribution < 1.29 is 19.5 Å². The minimum Gasteiger partial charge on any atom is -0.480 e. The topological polar surface area (TPSA) is 74.7 Å². The van der Waals surface area contributed by atoms with Crippen LogP contribution in [0.5, 0.6) is 0 Å². The summed E-state index contributed by atoms with van der Waals surface area (Å²) in [4.78, 5) is 37.6. The summed E-state index contributed by atoms with van der Waals surface area (Å²) in [7, 11) is 0. The van der Waals surface area contributed by atoms with Crippen LogP contribution in [0.25, 0.3) is 0 Å². The Morgan fingerprint density at radius 1 is 1.09 bits per heavy atom. The summed E-state index contributed by atoms with van der Waals surface area (Å²) < 4.78 is 0. The number of rotatable bonds is 3. The van der Waals surface area contributed by atoms with Crippen LogP contribution in [-0.2, 0) is 22.6 Å². The SMILES string of the molecule is O=C(C(=O)N1Cc2ccccc2C[C@H]1C(=O)O)c1cccs1. The molecular formula is C16H13NO4S. The summed E-state index contributed by atoms with van der Waals surface area (Å²) in [6, 6.07) is 9.63. The Labute approximate surface area is 130 Å². The monoisotopic (exact) mass is 315 g/mol. The zero-order valence-electron chi connectivity index (χ0n) is 11.6. The third-order valence-electron chi connectivity index (χ3n) is 3.73. The number of benzene rings is 1. The van der Waals surface area contributed by atoms with Gasteiger partial charge in [0.05, 0.1) is 4.88 Å². The lowest BCUT2D eigenvalue weighted by Crippen LogP contribution is -2.50. The van der Waals surface area contributed by atoms with Gasteiger partial charge in [-0.25, -0.2) is 4.79 Å². The largest absolute Gasteiger partial charge is 0.480 e. The first-order valence-electron chi connectivity index (χ1n) is 6.76. The van der Waals surface area contributed by atoms with Crippen molar-refractivity contribution in [1.82, 2.24) is 4.90 Å². The molecule has 22 heavy (non-hydrogen) atoms. The lowest BCUT2D eigenvalue weighted by atomic mass is 9.93. The van der Waals surface area contributed by atoms with E-state index in [1.807, 2.05) is 24.3 Å². The molecule has 0 spiro atoms. The minimum atomic E-state index is -1.10. The fourth-order valence-electron chi connectivity index (χ4n) is 2.60. The lowest BCUT2D eigenvalue weighted by Gasteiger charge is -2.33. The van der Waals surface area contributed by atoms with E-state index in [1.165, 1.54) is 11.3 Å². The van der Waals surface area contributed by atoms with E-state index in [-0.39, 0.29) is 13.0 Å². The lowest BCUT2D eigenvalue weighted by molar-refractivity contribution is -0.149. The number of amides is 1. The highest BCUT2D eigenvalue weighted by molar-refractivity contribution is 7.13. The van der Waals surface area contributed by atoms with Crippen molar-refractivity contribution in [3.05, 3.63) is 57.8 Å². The summed E-state index contributed by atoms with van der Waals surface area (Å²) in [5.41, 5.74) is 1.79. The Balaban J connectivity index is 1.92. The Hall–Kier alpha value is -2.47. The van der Waals surface area contributed by atoms with Gasteiger partial charge in [0.15, 0.2) is 0 Å². The first-order chi connectivity index (χ1) is 10.6. The highest BCUT2D eigenvalue weighted by Crippen LogP contribution is 2.24. The molecule has 1 aliphatic heterocycles. The predicted octanol–water partition coefficient (Wildman–Crippen LogP) is 1.97. The third-order valence-corrected chi connectivity index (χ3v) is 4.60.